The number of carbonyl (C=O) groups excluding carboxylic acids is 1. The molecule has 0 spiro atoms. The van der Waals surface area contributed by atoms with E-state index in [-0.39, 0.29) is 18.3 Å². The summed E-state index contributed by atoms with van der Waals surface area (Å²) in [5.41, 5.74) is 0.502. The normalized spacial score (nSPS) is 14.9. The molecule has 1 fully saturated rings. The average Bonchev–Trinajstić information content (AvgIpc) is 2.70. The molecular formula is C20H22ClFN2O3. The summed E-state index contributed by atoms with van der Waals surface area (Å²) in [6.07, 6.45) is 0. The molecule has 144 valence electrons. The summed E-state index contributed by atoms with van der Waals surface area (Å²) in [4.78, 5) is 16.2. The third-order valence-corrected chi connectivity index (χ3v) is 4.94. The van der Waals surface area contributed by atoms with Crippen molar-refractivity contribution in [3.05, 3.63) is 58.9 Å². The first-order chi connectivity index (χ1) is 13.1. The molecule has 0 saturated carbocycles. The fourth-order valence-corrected chi connectivity index (χ4v) is 3.19. The summed E-state index contributed by atoms with van der Waals surface area (Å²) in [5.74, 6) is 1.00. The number of rotatable bonds is 6. The molecule has 0 atom stereocenters. The predicted octanol–water partition coefficient (Wildman–Crippen LogP) is 3.21. The molecule has 0 unspecified atom stereocenters. The van der Waals surface area contributed by atoms with Crippen molar-refractivity contribution in [3.8, 4) is 11.5 Å². The summed E-state index contributed by atoms with van der Waals surface area (Å²) in [7, 11) is 1.60. The van der Waals surface area contributed by atoms with Crippen LogP contribution in [0.5, 0.6) is 11.5 Å². The van der Waals surface area contributed by atoms with Gasteiger partial charge in [0, 0.05) is 43.3 Å². The van der Waals surface area contributed by atoms with Crippen LogP contribution in [-0.4, -0.2) is 55.6 Å². The number of hydrogen-bond donors (Lipinski definition) is 0. The Bertz CT molecular complexity index is 757. The largest absolute Gasteiger partial charge is 0.497 e. The van der Waals surface area contributed by atoms with Crippen LogP contribution in [0.15, 0.2) is 42.5 Å². The highest BCUT2D eigenvalue weighted by Crippen LogP contribution is 2.21. The molecule has 0 aromatic heterocycles. The lowest BCUT2D eigenvalue weighted by Crippen LogP contribution is -2.49. The first-order valence-electron chi connectivity index (χ1n) is 8.76. The molecule has 0 aliphatic carbocycles. The summed E-state index contributed by atoms with van der Waals surface area (Å²) in [6.45, 7) is 2.92. The van der Waals surface area contributed by atoms with Gasteiger partial charge in [-0.15, -0.1) is 0 Å². The Hall–Kier alpha value is -2.31. The first kappa shape index (κ1) is 19.5. The zero-order chi connectivity index (χ0) is 19.2. The summed E-state index contributed by atoms with van der Waals surface area (Å²) < 4.78 is 24.6. The fourth-order valence-electron chi connectivity index (χ4n) is 2.97. The Kier molecular flexibility index (Phi) is 6.53. The predicted molar refractivity (Wildman–Crippen MR) is 102 cm³/mol. The van der Waals surface area contributed by atoms with Crippen molar-refractivity contribution in [1.82, 2.24) is 9.80 Å². The topological polar surface area (TPSA) is 42.0 Å². The smallest absolute Gasteiger partial charge is 0.260 e. The van der Waals surface area contributed by atoms with E-state index in [9.17, 15) is 9.18 Å². The number of ether oxygens (including phenoxy) is 2. The molecule has 2 aromatic carbocycles. The Morgan fingerprint density at radius 3 is 2.37 bits per heavy atom. The number of piperazine rings is 1. The molecular weight excluding hydrogens is 371 g/mol. The summed E-state index contributed by atoms with van der Waals surface area (Å²) >= 11 is 6.09. The highest BCUT2D eigenvalue weighted by atomic mass is 35.5. The minimum absolute atomic E-state index is 0.00846. The molecule has 0 radical (unpaired) electrons. The van der Waals surface area contributed by atoms with Gasteiger partial charge < -0.3 is 14.4 Å². The molecule has 3 rings (SSSR count). The second-order valence-electron chi connectivity index (χ2n) is 6.32. The van der Waals surface area contributed by atoms with E-state index in [0.717, 1.165) is 5.75 Å². The van der Waals surface area contributed by atoms with E-state index < -0.39 is 0 Å². The summed E-state index contributed by atoms with van der Waals surface area (Å²) in [5, 5.41) is 0.432. The lowest BCUT2D eigenvalue weighted by molar-refractivity contribution is -0.135. The number of carbonyl (C=O) groups is 1. The van der Waals surface area contributed by atoms with Gasteiger partial charge in [-0.2, -0.15) is 0 Å². The van der Waals surface area contributed by atoms with Crippen LogP contribution in [0.2, 0.25) is 5.02 Å². The quantitative estimate of drug-likeness (QED) is 0.757. The van der Waals surface area contributed by atoms with Crippen LogP contribution in [0.3, 0.4) is 0 Å². The van der Waals surface area contributed by atoms with Gasteiger partial charge in [-0.05, 0) is 36.4 Å². The van der Waals surface area contributed by atoms with Crippen molar-refractivity contribution in [3.63, 3.8) is 0 Å². The Balaban J connectivity index is 1.46. The van der Waals surface area contributed by atoms with E-state index in [1.807, 2.05) is 0 Å². The molecule has 1 aliphatic rings. The molecule has 1 saturated heterocycles. The van der Waals surface area contributed by atoms with Gasteiger partial charge in [0.15, 0.2) is 6.61 Å². The van der Waals surface area contributed by atoms with E-state index in [1.165, 1.54) is 6.07 Å². The molecule has 27 heavy (non-hydrogen) atoms. The maximum atomic E-state index is 13.9. The fraction of sp³-hybridized carbons (Fsp3) is 0.350. The third kappa shape index (κ3) is 5.11. The molecule has 1 amide bonds. The SMILES string of the molecule is COc1ccc(OCC(=O)N2CCN(Cc3c(F)cccc3Cl)CC2)cc1. The van der Waals surface area contributed by atoms with Gasteiger partial charge in [0.1, 0.15) is 17.3 Å². The van der Waals surface area contributed by atoms with E-state index >= 15 is 0 Å². The standard InChI is InChI=1S/C20H22ClFN2O3/c1-26-15-5-7-16(8-6-15)27-14-20(25)24-11-9-23(10-12-24)13-17-18(21)3-2-4-19(17)22/h2-8H,9-14H2,1H3. The molecule has 2 aromatic rings. The van der Waals surface area contributed by atoms with Crippen LogP contribution in [0.25, 0.3) is 0 Å². The van der Waals surface area contributed by atoms with E-state index in [0.29, 0.717) is 49.1 Å². The maximum absolute atomic E-state index is 13.9. The Morgan fingerprint density at radius 1 is 1.07 bits per heavy atom. The van der Waals surface area contributed by atoms with Crippen molar-refractivity contribution in [1.29, 1.82) is 0 Å². The Labute approximate surface area is 163 Å². The first-order valence-corrected chi connectivity index (χ1v) is 9.14. The van der Waals surface area contributed by atoms with Gasteiger partial charge in [0.2, 0.25) is 0 Å². The maximum Gasteiger partial charge on any atom is 0.260 e. The highest BCUT2D eigenvalue weighted by Gasteiger charge is 2.22. The average molecular weight is 393 g/mol. The molecule has 0 bridgehead atoms. The van der Waals surface area contributed by atoms with Gasteiger partial charge in [0.05, 0.1) is 7.11 Å². The van der Waals surface area contributed by atoms with Gasteiger partial charge in [-0.1, -0.05) is 17.7 Å². The monoisotopic (exact) mass is 392 g/mol. The van der Waals surface area contributed by atoms with Crippen LogP contribution >= 0.6 is 11.6 Å². The molecule has 1 heterocycles. The number of methoxy groups -OCH3 is 1. The van der Waals surface area contributed by atoms with Crippen LogP contribution < -0.4 is 9.47 Å². The molecule has 1 aliphatic heterocycles. The minimum Gasteiger partial charge on any atom is -0.497 e. The van der Waals surface area contributed by atoms with Crippen LogP contribution in [0, 0.1) is 5.82 Å². The zero-order valence-electron chi connectivity index (χ0n) is 15.2. The molecule has 5 nitrogen and oxygen atoms in total. The molecule has 0 N–H and O–H groups in total. The number of hydrogen-bond acceptors (Lipinski definition) is 4. The van der Waals surface area contributed by atoms with Gasteiger partial charge in [-0.25, -0.2) is 4.39 Å². The number of nitrogens with zero attached hydrogens (tertiary/aromatic N) is 2. The Morgan fingerprint density at radius 2 is 1.74 bits per heavy atom. The highest BCUT2D eigenvalue weighted by molar-refractivity contribution is 6.31. The zero-order valence-corrected chi connectivity index (χ0v) is 15.9. The van der Waals surface area contributed by atoms with E-state index in [1.54, 1.807) is 48.4 Å². The van der Waals surface area contributed by atoms with Crippen LogP contribution in [-0.2, 0) is 11.3 Å². The third-order valence-electron chi connectivity index (χ3n) is 4.59. The van der Waals surface area contributed by atoms with Gasteiger partial charge >= 0.3 is 0 Å². The van der Waals surface area contributed by atoms with E-state index in [4.69, 9.17) is 21.1 Å². The van der Waals surface area contributed by atoms with Crippen molar-refractivity contribution in [2.75, 3.05) is 39.9 Å². The van der Waals surface area contributed by atoms with Gasteiger partial charge in [-0.3, -0.25) is 9.69 Å². The van der Waals surface area contributed by atoms with Crippen molar-refractivity contribution in [2.45, 2.75) is 6.54 Å². The van der Waals surface area contributed by atoms with E-state index in [2.05, 4.69) is 4.90 Å². The lowest BCUT2D eigenvalue weighted by Gasteiger charge is -2.34. The number of halogens is 2. The van der Waals surface area contributed by atoms with Crippen LogP contribution in [0.1, 0.15) is 5.56 Å². The number of benzene rings is 2. The van der Waals surface area contributed by atoms with Gasteiger partial charge in [0.25, 0.3) is 5.91 Å². The second kappa shape index (κ2) is 9.06. The van der Waals surface area contributed by atoms with Crippen molar-refractivity contribution < 1.29 is 18.7 Å². The number of amides is 1. The van der Waals surface area contributed by atoms with Crippen LogP contribution in [0.4, 0.5) is 4.39 Å². The molecule has 7 heteroatoms. The minimum atomic E-state index is -0.297. The van der Waals surface area contributed by atoms with Crippen molar-refractivity contribution in [2.24, 2.45) is 0 Å². The second-order valence-corrected chi connectivity index (χ2v) is 6.73. The van der Waals surface area contributed by atoms with Crippen molar-refractivity contribution >= 4 is 17.5 Å². The summed E-state index contributed by atoms with van der Waals surface area (Å²) in [6, 6.07) is 11.8. The lowest BCUT2D eigenvalue weighted by atomic mass is 10.2.